The lowest BCUT2D eigenvalue weighted by Crippen LogP contribution is -2.17. The molecular weight excluding hydrogens is 371 g/mol. The minimum absolute atomic E-state index is 0.0605. The first-order valence-corrected chi connectivity index (χ1v) is 8.85. The van der Waals surface area contributed by atoms with Gasteiger partial charge in [0.1, 0.15) is 5.82 Å². The fourth-order valence-corrected chi connectivity index (χ4v) is 3.81. The topological polar surface area (TPSA) is 59.4 Å². The molecule has 0 radical (unpaired) electrons. The van der Waals surface area contributed by atoms with Gasteiger partial charge >= 0.3 is 5.97 Å². The molecule has 7 heteroatoms. The van der Waals surface area contributed by atoms with Crippen LogP contribution in [-0.4, -0.2) is 29.3 Å². The zero-order valence-electron chi connectivity index (χ0n) is 14.7. The summed E-state index contributed by atoms with van der Waals surface area (Å²) in [6, 6.07) is 6.22. The molecule has 0 unspecified atom stereocenters. The molecule has 3 aromatic rings. The summed E-state index contributed by atoms with van der Waals surface area (Å²) >= 11 is 0. The van der Waals surface area contributed by atoms with Gasteiger partial charge in [0.05, 0.1) is 11.1 Å². The molecule has 4 rings (SSSR count). The fourth-order valence-electron chi connectivity index (χ4n) is 3.81. The van der Waals surface area contributed by atoms with Crippen LogP contribution in [0.1, 0.15) is 34.7 Å². The van der Waals surface area contributed by atoms with E-state index in [1.54, 1.807) is 12.1 Å². The lowest BCUT2D eigenvalue weighted by molar-refractivity contribution is 0.0685. The van der Waals surface area contributed by atoms with Crippen LogP contribution in [0.4, 0.5) is 13.2 Å². The molecule has 1 aliphatic heterocycles. The Labute approximate surface area is 158 Å². The highest BCUT2D eigenvalue weighted by molar-refractivity contribution is 6.01. The van der Waals surface area contributed by atoms with Crippen molar-refractivity contribution < 1.29 is 27.8 Å². The third-order valence-corrected chi connectivity index (χ3v) is 5.08. The highest BCUT2D eigenvalue weighted by Crippen LogP contribution is 2.38. The van der Waals surface area contributed by atoms with Crippen LogP contribution in [0.5, 0.6) is 0 Å². The van der Waals surface area contributed by atoms with Crippen LogP contribution in [0.25, 0.3) is 22.0 Å². The van der Waals surface area contributed by atoms with E-state index in [2.05, 4.69) is 4.98 Å². The number of nitrogens with zero attached hydrogens (tertiary/aromatic N) is 1. The van der Waals surface area contributed by atoms with E-state index in [9.17, 15) is 23.1 Å². The number of ether oxygens (including phenoxy) is 1. The molecule has 1 aliphatic rings. The number of halogens is 3. The number of fused-ring (bicyclic) bond motifs is 1. The van der Waals surface area contributed by atoms with E-state index in [-0.39, 0.29) is 22.6 Å². The summed E-state index contributed by atoms with van der Waals surface area (Å²) in [5.41, 5.74) is 0.926. The summed E-state index contributed by atoms with van der Waals surface area (Å²) in [5, 5.41) is 10.2. The van der Waals surface area contributed by atoms with E-state index >= 15 is 0 Å². The largest absolute Gasteiger partial charge is 0.478 e. The summed E-state index contributed by atoms with van der Waals surface area (Å²) < 4.78 is 47.2. The van der Waals surface area contributed by atoms with Gasteiger partial charge in [0.15, 0.2) is 11.6 Å². The molecule has 1 saturated heterocycles. The Kier molecular flexibility index (Phi) is 4.77. The zero-order chi connectivity index (χ0) is 19.8. The Morgan fingerprint density at radius 3 is 2.57 bits per heavy atom. The number of carboxylic acid groups (broad SMARTS) is 1. The quantitative estimate of drug-likeness (QED) is 0.649. The molecule has 1 fully saturated rings. The van der Waals surface area contributed by atoms with Gasteiger partial charge in [-0.15, -0.1) is 0 Å². The minimum Gasteiger partial charge on any atom is -0.478 e. The SMILES string of the molecule is O=C(O)c1cnc2c(-c3cc(F)cc(F)c3F)cccc2c1C1CCOCC1. The molecule has 0 bridgehead atoms. The van der Waals surface area contributed by atoms with Crippen LogP contribution in [0.2, 0.25) is 0 Å². The van der Waals surface area contributed by atoms with Gasteiger partial charge in [-0.3, -0.25) is 4.98 Å². The molecule has 0 aliphatic carbocycles. The Morgan fingerprint density at radius 2 is 1.86 bits per heavy atom. The van der Waals surface area contributed by atoms with Crippen LogP contribution in [0, 0.1) is 17.5 Å². The number of para-hydroxylation sites is 1. The number of hydrogen-bond acceptors (Lipinski definition) is 3. The third-order valence-electron chi connectivity index (χ3n) is 5.08. The number of aromatic carboxylic acids is 1. The third kappa shape index (κ3) is 3.11. The van der Waals surface area contributed by atoms with Crippen molar-refractivity contribution in [2.24, 2.45) is 0 Å². The summed E-state index contributed by atoms with van der Waals surface area (Å²) in [5.74, 6) is -4.54. The minimum atomic E-state index is -1.29. The predicted octanol–water partition coefficient (Wildman–Crippen LogP) is 4.91. The Bertz CT molecular complexity index is 1080. The van der Waals surface area contributed by atoms with Crippen molar-refractivity contribution >= 4 is 16.9 Å². The second-order valence-corrected chi connectivity index (χ2v) is 6.73. The van der Waals surface area contributed by atoms with Crippen LogP contribution in [-0.2, 0) is 4.74 Å². The molecule has 4 nitrogen and oxygen atoms in total. The van der Waals surface area contributed by atoms with Crippen LogP contribution in [0.3, 0.4) is 0 Å². The average molecular weight is 387 g/mol. The molecule has 1 N–H and O–H groups in total. The molecular formula is C21H16F3NO3. The van der Waals surface area contributed by atoms with Gasteiger partial charge in [0.2, 0.25) is 0 Å². The number of rotatable bonds is 3. The highest BCUT2D eigenvalue weighted by Gasteiger charge is 2.26. The number of carbonyl (C=O) groups is 1. The smallest absolute Gasteiger partial charge is 0.337 e. The molecule has 0 spiro atoms. The zero-order valence-corrected chi connectivity index (χ0v) is 14.7. The van der Waals surface area contributed by atoms with E-state index < -0.39 is 23.4 Å². The molecule has 144 valence electrons. The normalized spacial score (nSPS) is 15.1. The van der Waals surface area contributed by atoms with E-state index in [0.29, 0.717) is 48.6 Å². The van der Waals surface area contributed by atoms with Crippen molar-refractivity contribution in [2.75, 3.05) is 13.2 Å². The maximum atomic E-state index is 14.4. The van der Waals surface area contributed by atoms with Gasteiger partial charge < -0.3 is 9.84 Å². The molecule has 1 aromatic heterocycles. The van der Waals surface area contributed by atoms with Gasteiger partial charge in [-0.25, -0.2) is 18.0 Å². The first-order chi connectivity index (χ1) is 13.5. The van der Waals surface area contributed by atoms with Crippen molar-refractivity contribution in [3.63, 3.8) is 0 Å². The fraction of sp³-hybridized carbons (Fsp3) is 0.238. The first kappa shape index (κ1) is 18.4. The van der Waals surface area contributed by atoms with Gasteiger partial charge in [-0.05, 0) is 30.4 Å². The van der Waals surface area contributed by atoms with E-state index in [1.807, 2.05) is 0 Å². The lowest BCUT2D eigenvalue weighted by Gasteiger charge is -2.25. The maximum Gasteiger partial charge on any atom is 0.337 e. The van der Waals surface area contributed by atoms with Gasteiger partial charge in [0, 0.05) is 42.0 Å². The Hall–Kier alpha value is -2.93. The van der Waals surface area contributed by atoms with Gasteiger partial charge in [0.25, 0.3) is 0 Å². The summed E-state index contributed by atoms with van der Waals surface area (Å²) in [6.07, 6.45) is 2.52. The van der Waals surface area contributed by atoms with E-state index in [4.69, 9.17) is 4.74 Å². The van der Waals surface area contributed by atoms with Crippen molar-refractivity contribution in [3.05, 3.63) is 65.1 Å². The number of aromatic nitrogens is 1. The summed E-state index contributed by atoms with van der Waals surface area (Å²) in [4.78, 5) is 16.0. The second-order valence-electron chi connectivity index (χ2n) is 6.73. The van der Waals surface area contributed by atoms with Crippen molar-refractivity contribution in [1.82, 2.24) is 4.98 Å². The van der Waals surface area contributed by atoms with E-state index in [0.717, 1.165) is 6.07 Å². The van der Waals surface area contributed by atoms with Crippen LogP contribution >= 0.6 is 0 Å². The summed E-state index contributed by atoms with van der Waals surface area (Å²) in [6.45, 7) is 1.02. The standard InChI is InChI=1S/C21H16F3NO3/c22-12-8-15(19(24)17(23)9-12)13-2-1-3-14-18(11-4-6-28-7-5-11)16(21(26)27)10-25-20(13)14/h1-3,8-11H,4-7H2,(H,26,27). The monoisotopic (exact) mass is 387 g/mol. The second kappa shape index (κ2) is 7.24. The molecule has 0 saturated carbocycles. The predicted molar refractivity (Wildman–Crippen MR) is 96.8 cm³/mol. The number of pyridine rings is 1. The van der Waals surface area contributed by atoms with Crippen molar-refractivity contribution in [3.8, 4) is 11.1 Å². The van der Waals surface area contributed by atoms with Crippen LogP contribution < -0.4 is 0 Å². The summed E-state index contributed by atoms with van der Waals surface area (Å²) in [7, 11) is 0. The Balaban J connectivity index is 2.01. The first-order valence-electron chi connectivity index (χ1n) is 8.85. The average Bonchev–Trinajstić information content (AvgIpc) is 2.70. The number of carboxylic acids is 1. The Morgan fingerprint density at radius 1 is 1.11 bits per heavy atom. The van der Waals surface area contributed by atoms with E-state index in [1.165, 1.54) is 12.3 Å². The van der Waals surface area contributed by atoms with Crippen LogP contribution in [0.15, 0.2) is 36.5 Å². The maximum absolute atomic E-state index is 14.4. The van der Waals surface area contributed by atoms with Gasteiger partial charge in [-0.1, -0.05) is 18.2 Å². The lowest BCUT2D eigenvalue weighted by atomic mass is 9.85. The molecule has 2 heterocycles. The highest BCUT2D eigenvalue weighted by atomic mass is 19.2. The molecule has 0 amide bonds. The molecule has 28 heavy (non-hydrogen) atoms. The number of benzene rings is 2. The number of hydrogen-bond donors (Lipinski definition) is 1. The molecule has 2 aromatic carbocycles. The molecule has 0 atom stereocenters. The van der Waals surface area contributed by atoms with Crippen molar-refractivity contribution in [2.45, 2.75) is 18.8 Å². The van der Waals surface area contributed by atoms with Gasteiger partial charge in [-0.2, -0.15) is 0 Å². The van der Waals surface area contributed by atoms with Crippen molar-refractivity contribution in [1.29, 1.82) is 0 Å².